The van der Waals surface area contributed by atoms with Gasteiger partial charge in [0, 0.05) is 9.79 Å². The quantitative estimate of drug-likeness (QED) is 0.883. The maximum Gasteiger partial charge on any atom is 0.262 e. The molecule has 0 saturated carbocycles. The van der Waals surface area contributed by atoms with Crippen LogP contribution < -0.4 is 10.1 Å². The maximum atomic E-state index is 11.2. The SMILES string of the molecule is O=C1COc2cc(Sc3ccc(O)cc3)ccc2N1. The second-order valence-electron chi connectivity index (χ2n) is 4.09. The minimum absolute atomic E-state index is 0.0559. The van der Waals surface area contributed by atoms with E-state index in [1.54, 1.807) is 23.9 Å². The number of fused-ring (bicyclic) bond motifs is 1. The molecule has 0 spiro atoms. The second-order valence-corrected chi connectivity index (χ2v) is 5.24. The van der Waals surface area contributed by atoms with Crippen LogP contribution in [0, 0.1) is 0 Å². The summed E-state index contributed by atoms with van der Waals surface area (Å²) in [6, 6.07) is 12.6. The zero-order chi connectivity index (χ0) is 13.2. The summed E-state index contributed by atoms with van der Waals surface area (Å²) in [5.74, 6) is 0.802. The largest absolute Gasteiger partial charge is 0.508 e. The Labute approximate surface area is 114 Å². The van der Waals surface area contributed by atoms with Crippen LogP contribution in [0.3, 0.4) is 0 Å². The van der Waals surface area contributed by atoms with Crippen LogP contribution in [0.4, 0.5) is 5.69 Å². The number of nitrogens with one attached hydrogen (secondary N) is 1. The average molecular weight is 273 g/mol. The number of amides is 1. The predicted octanol–water partition coefficient (Wildman–Crippen LogP) is 2.87. The summed E-state index contributed by atoms with van der Waals surface area (Å²) in [5.41, 5.74) is 0.700. The van der Waals surface area contributed by atoms with E-state index in [9.17, 15) is 9.90 Å². The molecule has 2 N–H and O–H groups in total. The molecule has 0 unspecified atom stereocenters. The molecule has 96 valence electrons. The van der Waals surface area contributed by atoms with Crippen LogP contribution in [0.25, 0.3) is 0 Å². The number of ether oxygens (including phenoxy) is 1. The zero-order valence-electron chi connectivity index (χ0n) is 9.92. The Morgan fingerprint density at radius 2 is 1.84 bits per heavy atom. The van der Waals surface area contributed by atoms with E-state index in [2.05, 4.69) is 5.32 Å². The van der Waals surface area contributed by atoms with Crippen molar-refractivity contribution in [1.82, 2.24) is 0 Å². The van der Waals surface area contributed by atoms with Crippen molar-refractivity contribution in [1.29, 1.82) is 0 Å². The second kappa shape index (κ2) is 4.85. The minimum Gasteiger partial charge on any atom is -0.508 e. The Balaban J connectivity index is 1.82. The molecule has 0 radical (unpaired) electrons. The average Bonchev–Trinajstić information content (AvgIpc) is 2.42. The fourth-order valence-electron chi connectivity index (χ4n) is 1.77. The number of carbonyl (C=O) groups excluding carboxylic acids is 1. The van der Waals surface area contributed by atoms with Crippen LogP contribution in [-0.2, 0) is 4.79 Å². The molecule has 2 aromatic carbocycles. The number of aromatic hydroxyl groups is 1. The van der Waals surface area contributed by atoms with Crippen molar-refractivity contribution in [3.05, 3.63) is 42.5 Å². The van der Waals surface area contributed by atoms with Gasteiger partial charge in [0.05, 0.1) is 5.69 Å². The maximum absolute atomic E-state index is 11.2. The normalized spacial score (nSPS) is 13.4. The van der Waals surface area contributed by atoms with Gasteiger partial charge in [-0.2, -0.15) is 0 Å². The Morgan fingerprint density at radius 3 is 2.63 bits per heavy atom. The smallest absolute Gasteiger partial charge is 0.262 e. The molecule has 0 bridgehead atoms. The number of benzene rings is 2. The van der Waals surface area contributed by atoms with Gasteiger partial charge in [-0.05, 0) is 42.5 Å². The van der Waals surface area contributed by atoms with Crippen molar-refractivity contribution in [2.45, 2.75) is 9.79 Å². The highest BCUT2D eigenvalue weighted by Crippen LogP contribution is 2.35. The Hall–Kier alpha value is -2.14. The number of phenols is 1. The van der Waals surface area contributed by atoms with E-state index in [0.29, 0.717) is 11.4 Å². The first kappa shape index (κ1) is 11.9. The molecule has 1 heterocycles. The number of hydrogen-bond acceptors (Lipinski definition) is 4. The van der Waals surface area contributed by atoms with Gasteiger partial charge in [0.15, 0.2) is 6.61 Å². The van der Waals surface area contributed by atoms with Crippen molar-refractivity contribution in [3.8, 4) is 11.5 Å². The molecule has 1 aliphatic heterocycles. The number of hydrogen-bond donors (Lipinski definition) is 2. The third-order valence-corrected chi connectivity index (χ3v) is 3.66. The van der Waals surface area contributed by atoms with Gasteiger partial charge in [0.2, 0.25) is 0 Å². The van der Waals surface area contributed by atoms with E-state index in [1.165, 1.54) is 0 Å². The summed E-state index contributed by atoms with van der Waals surface area (Å²) in [4.78, 5) is 13.2. The lowest BCUT2D eigenvalue weighted by atomic mass is 10.2. The van der Waals surface area contributed by atoms with Gasteiger partial charge in [0.1, 0.15) is 11.5 Å². The van der Waals surface area contributed by atoms with Crippen molar-refractivity contribution >= 4 is 23.4 Å². The highest BCUT2D eigenvalue weighted by Gasteiger charge is 2.16. The molecular formula is C14H11NO3S. The molecule has 0 saturated heterocycles. The molecule has 0 atom stereocenters. The van der Waals surface area contributed by atoms with Gasteiger partial charge in [-0.1, -0.05) is 11.8 Å². The summed E-state index contributed by atoms with van der Waals surface area (Å²) < 4.78 is 5.37. The number of anilines is 1. The van der Waals surface area contributed by atoms with Crippen molar-refractivity contribution in [3.63, 3.8) is 0 Å². The molecule has 5 heteroatoms. The van der Waals surface area contributed by atoms with Crippen LogP contribution in [0.15, 0.2) is 52.3 Å². The topological polar surface area (TPSA) is 58.6 Å². The van der Waals surface area contributed by atoms with E-state index in [-0.39, 0.29) is 18.3 Å². The highest BCUT2D eigenvalue weighted by atomic mass is 32.2. The van der Waals surface area contributed by atoms with Gasteiger partial charge in [-0.25, -0.2) is 0 Å². The van der Waals surface area contributed by atoms with E-state index in [4.69, 9.17) is 4.74 Å². The van der Waals surface area contributed by atoms with Crippen LogP contribution >= 0.6 is 11.8 Å². The molecule has 0 aromatic heterocycles. The van der Waals surface area contributed by atoms with Crippen LogP contribution in [0.2, 0.25) is 0 Å². The third-order valence-electron chi connectivity index (χ3n) is 2.66. The first-order valence-electron chi connectivity index (χ1n) is 5.74. The standard InChI is InChI=1S/C14H11NO3S/c16-9-1-3-10(4-2-9)19-11-5-6-12-13(7-11)18-8-14(17)15-12/h1-7,16H,8H2,(H,15,17). The number of carbonyl (C=O) groups is 1. The fraction of sp³-hybridized carbons (Fsp3) is 0.0714. The van der Waals surface area contributed by atoms with E-state index in [1.807, 2.05) is 30.3 Å². The Morgan fingerprint density at radius 1 is 1.11 bits per heavy atom. The van der Waals surface area contributed by atoms with Gasteiger partial charge in [-0.15, -0.1) is 0 Å². The predicted molar refractivity (Wildman–Crippen MR) is 72.8 cm³/mol. The fourth-order valence-corrected chi connectivity index (χ4v) is 2.62. The van der Waals surface area contributed by atoms with Crippen molar-refractivity contribution in [2.75, 3.05) is 11.9 Å². The van der Waals surface area contributed by atoms with Crippen molar-refractivity contribution < 1.29 is 14.6 Å². The van der Waals surface area contributed by atoms with E-state index in [0.717, 1.165) is 9.79 Å². The van der Waals surface area contributed by atoms with Gasteiger partial charge >= 0.3 is 0 Å². The lowest BCUT2D eigenvalue weighted by Crippen LogP contribution is -2.25. The van der Waals surface area contributed by atoms with Crippen LogP contribution in [-0.4, -0.2) is 17.6 Å². The molecule has 19 heavy (non-hydrogen) atoms. The molecule has 0 aliphatic carbocycles. The zero-order valence-corrected chi connectivity index (χ0v) is 10.7. The van der Waals surface area contributed by atoms with E-state index < -0.39 is 0 Å². The monoisotopic (exact) mass is 273 g/mol. The van der Waals surface area contributed by atoms with Crippen LogP contribution in [0.5, 0.6) is 11.5 Å². The lowest BCUT2D eigenvalue weighted by molar-refractivity contribution is -0.118. The summed E-state index contributed by atoms with van der Waals surface area (Å²) >= 11 is 1.57. The molecule has 4 nitrogen and oxygen atoms in total. The highest BCUT2D eigenvalue weighted by molar-refractivity contribution is 7.99. The molecule has 3 rings (SSSR count). The van der Waals surface area contributed by atoms with E-state index >= 15 is 0 Å². The lowest BCUT2D eigenvalue weighted by Gasteiger charge is -2.18. The van der Waals surface area contributed by atoms with Crippen molar-refractivity contribution in [2.24, 2.45) is 0 Å². The number of phenolic OH excluding ortho intramolecular Hbond substituents is 1. The number of rotatable bonds is 2. The van der Waals surface area contributed by atoms with Gasteiger partial charge in [0.25, 0.3) is 5.91 Å². The minimum atomic E-state index is -0.133. The third kappa shape index (κ3) is 2.66. The molecule has 1 aliphatic rings. The molecule has 2 aromatic rings. The Bertz CT molecular complexity index is 625. The van der Waals surface area contributed by atoms with Gasteiger partial charge < -0.3 is 15.2 Å². The molecule has 0 fully saturated rings. The summed E-state index contributed by atoms with van der Waals surface area (Å²) in [6.45, 7) is 0.0559. The summed E-state index contributed by atoms with van der Waals surface area (Å²) in [7, 11) is 0. The molecule has 1 amide bonds. The summed E-state index contributed by atoms with van der Waals surface area (Å²) in [6.07, 6.45) is 0. The molecular weight excluding hydrogens is 262 g/mol. The summed E-state index contributed by atoms with van der Waals surface area (Å²) in [5, 5.41) is 12.0. The van der Waals surface area contributed by atoms with Gasteiger partial charge in [-0.3, -0.25) is 4.79 Å². The van der Waals surface area contributed by atoms with Crippen LogP contribution in [0.1, 0.15) is 0 Å². The first-order chi connectivity index (χ1) is 9.20. The first-order valence-corrected chi connectivity index (χ1v) is 6.56. The Kier molecular flexibility index (Phi) is 3.05.